The molecular formula is C13H9ClINO. The van der Waals surface area contributed by atoms with Crippen molar-refractivity contribution in [3.05, 3.63) is 62.4 Å². The van der Waals surface area contributed by atoms with Crippen molar-refractivity contribution in [2.45, 2.75) is 6.42 Å². The number of ketones is 1. The number of rotatable bonds is 3. The maximum atomic E-state index is 12.0. The highest BCUT2D eigenvalue weighted by Gasteiger charge is 2.08. The number of pyridine rings is 1. The van der Waals surface area contributed by atoms with Crippen molar-refractivity contribution >= 4 is 40.0 Å². The number of aromatic nitrogens is 1. The van der Waals surface area contributed by atoms with Gasteiger partial charge in [0, 0.05) is 27.9 Å². The summed E-state index contributed by atoms with van der Waals surface area (Å²) in [6.45, 7) is 0. The van der Waals surface area contributed by atoms with Crippen LogP contribution in [0.15, 0.2) is 42.7 Å². The summed E-state index contributed by atoms with van der Waals surface area (Å²) in [5, 5.41) is 0.617. The van der Waals surface area contributed by atoms with Crippen LogP contribution in [0.4, 0.5) is 0 Å². The summed E-state index contributed by atoms with van der Waals surface area (Å²) in [5.41, 5.74) is 1.60. The molecule has 0 radical (unpaired) electrons. The number of Topliss-reactive ketones (excluding diaryl/α,β-unsaturated/α-hetero) is 1. The molecule has 0 aliphatic heterocycles. The van der Waals surface area contributed by atoms with Gasteiger partial charge < -0.3 is 0 Å². The first-order chi connectivity index (χ1) is 8.16. The number of hydrogen-bond donors (Lipinski definition) is 0. The van der Waals surface area contributed by atoms with E-state index < -0.39 is 0 Å². The zero-order valence-electron chi connectivity index (χ0n) is 8.86. The predicted molar refractivity (Wildman–Crippen MR) is 76.4 cm³/mol. The molecule has 17 heavy (non-hydrogen) atoms. The minimum atomic E-state index is 0.0644. The molecular weight excluding hydrogens is 349 g/mol. The first kappa shape index (κ1) is 12.5. The van der Waals surface area contributed by atoms with Gasteiger partial charge in [0.15, 0.2) is 5.78 Å². The molecule has 1 aromatic heterocycles. The summed E-state index contributed by atoms with van der Waals surface area (Å²) in [4.78, 5) is 15.9. The Morgan fingerprint density at radius 1 is 1.24 bits per heavy atom. The number of hydrogen-bond acceptors (Lipinski definition) is 2. The zero-order valence-corrected chi connectivity index (χ0v) is 11.8. The quantitative estimate of drug-likeness (QED) is 0.618. The molecule has 1 heterocycles. The SMILES string of the molecule is O=C(Cc1ccncc1)c1ccc(I)c(Cl)c1. The molecule has 0 atom stereocenters. The van der Waals surface area contributed by atoms with Gasteiger partial charge in [-0.25, -0.2) is 0 Å². The Morgan fingerprint density at radius 2 is 1.94 bits per heavy atom. The Hall–Kier alpha value is -0.940. The van der Waals surface area contributed by atoms with Gasteiger partial charge in [-0.1, -0.05) is 17.7 Å². The third kappa shape index (κ3) is 3.26. The van der Waals surface area contributed by atoms with E-state index in [2.05, 4.69) is 27.6 Å². The predicted octanol–water partition coefficient (Wildman–Crippen LogP) is 3.77. The van der Waals surface area contributed by atoms with Crippen molar-refractivity contribution in [2.75, 3.05) is 0 Å². The summed E-state index contributed by atoms with van der Waals surface area (Å²) >= 11 is 8.13. The van der Waals surface area contributed by atoms with Gasteiger partial charge in [-0.3, -0.25) is 9.78 Å². The van der Waals surface area contributed by atoms with Crippen LogP contribution in [0.2, 0.25) is 5.02 Å². The van der Waals surface area contributed by atoms with Crippen LogP contribution in [-0.2, 0) is 6.42 Å². The lowest BCUT2D eigenvalue weighted by molar-refractivity contribution is 0.0993. The molecule has 0 amide bonds. The highest BCUT2D eigenvalue weighted by Crippen LogP contribution is 2.20. The number of nitrogens with zero attached hydrogens (tertiary/aromatic N) is 1. The third-order valence-corrected chi connectivity index (χ3v) is 3.93. The highest BCUT2D eigenvalue weighted by molar-refractivity contribution is 14.1. The van der Waals surface area contributed by atoms with E-state index in [1.165, 1.54) is 0 Å². The first-order valence-electron chi connectivity index (χ1n) is 5.04. The molecule has 0 bridgehead atoms. The van der Waals surface area contributed by atoms with Gasteiger partial charge in [0.1, 0.15) is 0 Å². The fourth-order valence-electron chi connectivity index (χ4n) is 1.46. The molecule has 0 aliphatic rings. The minimum Gasteiger partial charge on any atom is -0.294 e. The van der Waals surface area contributed by atoms with E-state index >= 15 is 0 Å². The van der Waals surface area contributed by atoms with Crippen LogP contribution >= 0.6 is 34.2 Å². The fourth-order valence-corrected chi connectivity index (χ4v) is 1.97. The molecule has 86 valence electrons. The third-order valence-electron chi connectivity index (χ3n) is 2.36. The Bertz CT molecular complexity index is 542. The van der Waals surface area contributed by atoms with E-state index in [9.17, 15) is 4.79 Å². The fraction of sp³-hybridized carbons (Fsp3) is 0.0769. The average molecular weight is 358 g/mol. The molecule has 0 aliphatic carbocycles. The summed E-state index contributed by atoms with van der Waals surface area (Å²) in [5.74, 6) is 0.0644. The standard InChI is InChI=1S/C13H9ClINO/c14-11-8-10(1-2-12(11)15)13(17)7-9-3-5-16-6-4-9/h1-6,8H,7H2. The number of benzene rings is 1. The van der Waals surface area contributed by atoms with Gasteiger partial charge in [-0.2, -0.15) is 0 Å². The first-order valence-corrected chi connectivity index (χ1v) is 6.49. The molecule has 2 aromatic rings. The summed E-state index contributed by atoms with van der Waals surface area (Å²) in [6, 6.07) is 9.05. The summed E-state index contributed by atoms with van der Waals surface area (Å²) < 4.78 is 0.949. The maximum absolute atomic E-state index is 12.0. The van der Waals surface area contributed by atoms with E-state index in [1.807, 2.05) is 18.2 Å². The number of carbonyl (C=O) groups is 1. The smallest absolute Gasteiger partial charge is 0.167 e. The lowest BCUT2D eigenvalue weighted by Gasteiger charge is -2.03. The largest absolute Gasteiger partial charge is 0.294 e. The number of halogens is 2. The summed E-state index contributed by atoms with van der Waals surface area (Å²) in [7, 11) is 0. The van der Waals surface area contributed by atoms with Crippen LogP contribution in [0, 0.1) is 3.57 Å². The van der Waals surface area contributed by atoms with E-state index in [1.54, 1.807) is 24.5 Å². The molecule has 0 saturated carbocycles. The number of carbonyl (C=O) groups excluding carboxylic acids is 1. The second-order valence-electron chi connectivity index (χ2n) is 3.58. The van der Waals surface area contributed by atoms with Crippen LogP contribution in [-0.4, -0.2) is 10.8 Å². The van der Waals surface area contributed by atoms with Gasteiger partial charge in [0.05, 0.1) is 5.02 Å². The molecule has 4 heteroatoms. The van der Waals surface area contributed by atoms with E-state index in [0.29, 0.717) is 17.0 Å². The normalized spacial score (nSPS) is 10.2. The van der Waals surface area contributed by atoms with Crippen LogP contribution in [0.3, 0.4) is 0 Å². The highest BCUT2D eigenvalue weighted by atomic mass is 127. The Morgan fingerprint density at radius 3 is 2.59 bits per heavy atom. The van der Waals surface area contributed by atoms with Gasteiger partial charge in [0.25, 0.3) is 0 Å². The molecule has 0 fully saturated rings. The second-order valence-corrected chi connectivity index (χ2v) is 5.15. The van der Waals surface area contributed by atoms with Crippen molar-refractivity contribution in [3.8, 4) is 0 Å². The second kappa shape index (κ2) is 5.60. The Balaban J connectivity index is 2.18. The zero-order chi connectivity index (χ0) is 12.3. The Kier molecular flexibility index (Phi) is 4.12. The van der Waals surface area contributed by atoms with Crippen molar-refractivity contribution < 1.29 is 4.79 Å². The molecule has 0 spiro atoms. The van der Waals surface area contributed by atoms with Crippen molar-refractivity contribution in [2.24, 2.45) is 0 Å². The van der Waals surface area contributed by atoms with Crippen LogP contribution in [0.1, 0.15) is 15.9 Å². The Labute approximate surface area is 118 Å². The molecule has 0 N–H and O–H groups in total. The monoisotopic (exact) mass is 357 g/mol. The van der Waals surface area contributed by atoms with Gasteiger partial charge in [-0.15, -0.1) is 0 Å². The van der Waals surface area contributed by atoms with E-state index in [4.69, 9.17) is 11.6 Å². The molecule has 0 unspecified atom stereocenters. The molecule has 2 rings (SSSR count). The molecule has 0 saturated heterocycles. The van der Waals surface area contributed by atoms with Gasteiger partial charge >= 0.3 is 0 Å². The van der Waals surface area contributed by atoms with E-state index in [-0.39, 0.29) is 5.78 Å². The van der Waals surface area contributed by atoms with Crippen LogP contribution < -0.4 is 0 Å². The van der Waals surface area contributed by atoms with E-state index in [0.717, 1.165) is 9.13 Å². The lowest BCUT2D eigenvalue weighted by atomic mass is 10.0. The van der Waals surface area contributed by atoms with Crippen LogP contribution in [0.25, 0.3) is 0 Å². The molecule has 2 nitrogen and oxygen atoms in total. The lowest BCUT2D eigenvalue weighted by Crippen LogP contribution is -2.03. The van der Waals surface area contributed by atoms with Crippen molar-refractivity contribution in [3.63, 3.8) is 0 Å². The topological polar surface area (TPSA) is 30.0 Å². The maximum Gasteiger partial charge on any atom is 0.167 e. The van der Waals surface area contributed by atoms with Gasteiger partial charge in [-0.05, 0) is 52.4 Å². The average Bonchev–Trinajstić information content (AvgIpc) is 2.34. The minimum absolute atomic E-state index is 0.0644. The molecule has 1 aromatic carbocycles. The van der Waals surface area contributed by atoms with Gasteiger partial charge in [0.2, 0.25) is 0 Å². The summed E-state index contributed by atoms with van der Waals surface area (Å²) in [6.07, 6.45) is 3.74. The van der Waals surface area contributed by atoms with Crippen molar-refractivity contribution in [1.29, 1.82) is 0 Å². The van der Waals surface area contributed by atoms with Crippen molar-refractivity contribution in [1.82, 2.24) is 4.98 Å². The van der Waals surface area contributed by atoms with Crippen LogP contribution in [0.5, 0.6) is 0 Å².